The zero-order chi connectivity index (χ0) is 16.3. The zero-order valence-corrected chi connectivity index (χ0v) is 12.0. The Morgan fingerprint density at radius 3 is 2.73 bits per heavy atom. The van der Waals surface area contributed by atoms with E-state index < -0.39 is 23.8 Å². The van der Waals surface area contributed by atoms with Crippen molar-refractivity contribution in [1.29, 1.82) is 0 Å². The van der Waals surface area contributed by atoms with Gasteiger partial charge in [-0.2, -0.15) is 13.2 Å². The number of hydrazine groups is 1. The quantitative estimate of drug-likeness (QED) is 0.764. The Kier molecular flexibility index (Phi) is 5.05. The van der Waals surface area contributed by atoms with Gasteiger partial charge in [0.25, 0.3) is 0 Å². The molecule has 2 unspecified atom stereocenters. The molecule has 0 amide bonds. The van der Waals surface area contributed by atoms with Crippen molar-refractivity contribution in [3.63, 3.8) is 0 Å². The molecule has 1 aromatic carbocycles. The lowest BCUT2D eigenvalue weighted by atomic mass is 10.0. The summed E-state index contributed by atoms with van der Waals surface area (Å²) < 4.78 is 38.9. The average molecular weight is 317 g/mol. The van der Waals surface area contributed by atoms with Gasteiger partial charge in [0.15, 0.2) is 0 Å². The van der Waals surface area contributed by atoms with Gasteiger partial charge in [0.2, 0.25) is 0 Å². The van der Waals surface area contributed by atoms with Crippen LogP contribution >= 0.6 is 0 Å². The molecule has 122 valence electrons. The minimum absolute atomic E-state index is 0.110. The monoisotopic (exact) mass is 317 g/mol. The number of hydrogen-bond donors (Lipinski definition) is 3. The van der Waals surface area contributed by atoms with Crippen LogP contribution in [0.3, 0.4) is 0 Å². The molecule has 2 atom stereocenters. The SMILES string of the molecule is CN(Cc1ccccc1C(F)(F)F)CC1CNNC1C(=O)O. The smallest absolute Gasteiger partial charge is 0.416 e. The lowest BCUT2D eigenvalue weighted by Crippen LogP contribution is -2.41. The number of carboxylic acid groups (broad SMARTS) is 1. The molecule has 0 bridgehead atoms. The first-order valence-corrected chi connectivity index (χ1v) is 6.84. The van der Waals surface area contributed by atoms with Crippen LogP contribution < -0.4 is 10.9 Å². The molecule has 0 saturated carbocycles. The Bertz CT molecular complexity index is 536. The fourth-order valence-corrected chi connectivity index (χ4v) is 2.66. The van der Waals surface area contributed by atoms with E-state index in [0.29, 0.717) is 13.1 Å². The summed E-state index contributed by atoms with van der Waals surface area (Å²) in [5.41, 5.74) is 4.96. The van der Waals surface area contributed by atoms with Gasteiger partial charge < -0.3 is 10.0 Å². The van der Waals surface area contributed by atoms with Gasteiger partial charge in [-0.1, -0.05) is 18.2 Å². The molecule has 3 N–H and O–H groups in total. The van der Waals surface area contributed by atoms with Crippen LogP contribution in [0.15, 0.2) is 24.3 Å². The average Bonchev–Trinajstić information content (AvgIpc) is 2.86. The molecule has 0 aromatic heterocycles. The minimum Gasteiger partial charge on any atom is -0.480 e. The van der Waals surface area contributed by atoms with Gasteiger partial charge in [0.1, 0.15) is 6.04 Å². The maximum Gasteiger partial charge on any atom is 0.416 e. The molecule has 2 rings (SSSR count). The van der Waals surface area contributed by atoms with E-state index in [0.717, 1.165) is 6.07 Å². The maximum atomic E-state index is 13.0. The highest BCUT2D eigenvalue weighted by atomic mass is 19.4. The van der Waals surface area contributed by atoms with Gasteiger partial charge in [-0.3, -0.25) is 10.2 Å². The Labute approximate surface area is 126 Å². The molecular formula is C14H18F3N3O2. The first-order chi connectivity index (χ1) is 10.3. The van der Waals surface area contributed by atoms with Gasteiger partial charge in [0, 0.05) is 25.6 Å². The topological polar surface area (TPSA) is 64.6 Å². The Morgan fingerprint density at radius 2 is 2.09 bits per heavy atom. The molecule has 1 aliphatic heterocycles. The van der Waals surface area contributed by atoms with Crippen molar-refractivity contribution in [2.45, 2.75) is 18.8 Å². The van der Waals surface area contributed by atoms with E-state index in [2.05, 4.69) is 10.9 Å². The van der Waals surface area contributed by atoms with E-state index in [4.69, 9.17) is 5.11 Å². The normalized spacial score (nSPS) is 22.2. The number of nitrogens with zero attached hydrogens (tertiary/aromatic N) is 1. The predicted octanol–water partition coefficient (Wildman–Crippen LogP) is 1.31. The largest absolute Gasteiger partial charge is 0.480 e. The van der Waals surface area contributed by atoms with Crippen LogP contribution in [-0.2, 0) is 17.5 Å². The number of aliphatic carboxylic acids is 1. The summed E-state index contributed by atoms with van der Waals surface area (Å²) in [5.74, 6) is -1.18. The number of carboxylic acids is 1. The van der Waals surface area contributed by atoms with E-state index >= 15 is 0 Å². The molecule has 0 radical (unpaired) electrons. The molecule has 1 aliphatic rings. The number of hydrogen-bond acceptors (Lipinski definition) is 4. The number of nitrogens with one attached hydrogen (secondary N) is 2. The van der Waals surface area contributed by atoms with Crippen molar-refractivity contribution < 1.29 is 23.1 Å². The van der Waals surface area contributed by atoms with Gasteiger partial charge in [-0.15, -0.1) is 0 Å². The second-order valence-corrected chi connectivity index (χ2v) is 5.45. The molecule has 5 nitrogen and oxygen atoms in total. The van der Waals surface area contributed by atoms with E-state index in [1.807, 2.05) is 0 Å². The highest BCUT2D eigenvalue weighted by Gasteiger charge is 2.35. The lowest BCUT2D eigenvalue weighted by molar-refractivity contribution is -0.140. The second-order valence-electron chi connectivity index (χ2n) is 5.45. The van der Waals surface area contributed by atoms with E-state index in [1.165, 1.54) is 12.1 Å². The molecule has 8 heteroatoms. The molecule has 1 heterocycles. The second kappa shape index (κ2) is 6.64. The van der Waals surface area contributed by atoms with Crippen molar-refractivity contribution in [1.82, 2.24) is 15.8 Å². The van der Waals surface area contributed by atoms with Crippen molar-refractivity contribution >= 4 is 5.97 Å². The van der Waals surface area contributed by atoms with Crippen LogP contribution in [-0.4, -0.2) is 42.2 Å². The van der Waals surface area contributed by atoms with Crippen molar-refractivity contribution in [2.75, 3.05) is 20.1 Å². The fraction of sp³-hybridized carbons (Fsp3) is 0.500. The van der Waals surface area contributed by atoms with Crippen molar-refractivity contribution in [3.05, 3.63) is 35.4 Å². The lowest BCUT2D eigenvalue weighted by Gasteiger charge is -2.24. The van der Waals surface area contributed by atoms with E-state index in [9.17, 15) is 18.0 Å². The Hall–Kier alpha value is -1.64. The Morgan fingerprint density at radius 1 is 1.41 bits per heavy atom. The van der Waals surface area contributed by atoms with Gasteiger partial charge in [-0.25, -0.2) is 5.43 Å². The summed E-state index contributed by atoms with van der Waals surface area (Å²) in [6, 6.07) is 4.69. The number of alkyl halides is 3. The molecule has 1 aromatic rings. The molecule has 22 heavy (non-hydrogen) atoms. The molecular weight excluding hydrogens is 299 g/mol. The van der Waals surface area contributed by atoms with E-state index in [-0.39, 0.29) is 18.0 Å². The molecule has 1 saturated heterocycles. The van der Waals surface area contributed by atoms with Crippen LogP contribution in [0.2, 0.25) is 0 Å². The van der Waals surface area contributed by atoms with Gasteiger partial charge in [-0.05, 0) is 18.7 Å². The number of rotatable bonds is 5. The van der Waals surface area contributed by atoms with Crippen LogP contribution in [0, 0.1) is 5.92 Å². The summed E-state index contributed by atoms with van der Waals surface area (Å²) in [6.45, 7) is 0.948. The first-order valence-electron chi connectivity index (χ1n) is 6.84. The summed E-state index contributed by atoms with van der Waals surface area (Å²) in [5, 5.41) is 9.07. The molecule has 0 aliphatic carbocycles. The van der Waals surface area contributed by atoms with Gasteiger partial charge in [0.05, 0.1) is 5.56 Å². The van der Waals surface area contributed by atoms with Crippen LogP contribution in [0.5, 0.6) is 0 Å². The molecule has 1 fully saturated rings. The summed E-state index contributed by atoms with van der Waals surface area (Å²) in [7, 11) is 1.68. The summed E-state index contributed by atoms with van der Waals surface area (Å²) >= 11 is 0. The third-order valence-corrected chi connectivity index (χ3v) is 3.67. The summed E-state index contributed by atoms with van der Waals surface area (Å²) in [4.78, 5) is 12.8. The number of carbonyl (C=O) groups is 1. The van der Waals surface area contributed by atoms with Crippen LogP contribution in [0.25, 0.3) is 0 Å². The van der Waals surface area contributed by atoms with Crippen LogP contribution in [0.1, 0.15) is 11.1 Å². The summed E-state index contributed by atoms with van der Waals surface area (Å²) in [6.07, 6.45) is -4.39. The zero-order valence-electron chi connectivity index (χ0n) is 12.0. The number of benzene rings is 1. The van der Waals surface area contributed by atoms with Crippen molar-refractivity contribution in [2.24, 2.45) is 5.92 Å². The highest BCUT2D eigenvalue weighted by Crippen LogP contribution is 2.32. The van der Waals surface area contributed by atoms with Crippen molar-refractivity contribution in [3.8, 4) is 0 Å². The molecule has 0 spiro atoms. The maximum absolute atomic E-state index is 13.0. The minimum atomic E-state index is -4.39. The third-order valence-electron chi connectivity index (χ3n) is 3.67. The van der Waals surface area contributed by atoms with E-state index in [1.54, 1.807) is 18.0 Å². The standard InChI is InChI=1S/C14H18F3N3O2/c1-20(8-10-6-18-19-12(10)13(21)22)7-9-4-2-3-5-11(9)14(15,16)17/h2-5,10,12,18-19H,6-8H2,1H3,(H,21,22). The first kappa shape index (κ1) is 16.7. The van der Waals surface area contributed by atoms with Crippen LogP contribution in [0.4, 0.5) is 13.2 Å². The predicted molar refractivity (Wildman–Crippen MR) is 73.8 cm³/mol. The number of halogens is 3. The highest BCUT2D eigenvalue weighted by molar-refractivity contribution is 5.74. The Balaban J connectivity index is 2.04. The van der Waals surface area contributed by atoms with Gasteiger partial charge >= 0.3 is 12.1 Å². The fourth-order valence-electron chi connectivity index (χ4n) is 2.66. The third kappa shape index (κ3) is 3.96.